The van der Waals surface area contributed by atoms with Gasteiger partial charge in [-0.3, -0.25) is 10.0 Å². The Labute approximate surface area is 237 Å². The molecule has 0 bridgehead atoms. The fourth-order valence-corrected chi connectivity index (χ4v) is 5.68. The Kier molecular flexibility index (Phi) is 8.88. The molecule has 216 valence electrons. The van der Waals surface area contributed by atoms with Gasteiger partial charge in [0, 0.05) is 13.1 Å². The molecule has 4 heterocycles. The molecule has 13 heteroatoms. The molecule has 0 aliphatic carbocycles. The summed E-state index contributed by atoms with van der Waals surface area (Å²) in [5, 5.41) is 14.5. The molecule has 1 aromatic carbocycles. The van der Waals surface area contributed by atoms with Crippen molar-refractivity contribution in [1.29, 1.82) is 0 Å². The van der Waals surface area contributed by atoms with Gasteiger partial charge in [-0.2, -0.15) is 11.8 Å². The number of aryl methyl sites for hydroxylation is 1. The van der Waals surface area contributed by atoms with E-state index in [4.69, 9.17) is 19.9 Å². The van der Waals surface area contributed by atoms with Gasteiger partial charge >= 0.3 is 0 Å². The Balaban J connectivity index is 1.24. The summed E-state index contributed by atoms with van der Waals surface area (Å²) in [4.78, 5) is 26.0. The molecule has 5 atom stereocenters. The Morgan fingerprint density at radius 2 is 1.95 bits per heavy atom. The van der Waals surface area contributed by atoms with E-state index in [2.05, 4.69) is 20.3 Å². The van der Waals surface area contributed by atoms with Crippen LogP contribution in [0.2, 0.25) is 0 Å². The molecule has 0 unspecified atom stereocenters. The predicted molar refractivity (Wildman–Crippen MR) is 151 cm³/mol. The molecular formula is C27H37N7O5S. The molecule has 2 saturated heterocycles. The van der Waals surface area contributed by atoms with E-state index in [0.717, 1.165) is 11.3 Å². The van der Waals surface area contributed by atoms with Gasteiger partial charge in [0.25, 0.3) is 5.91 Å². The van der Waals surface area contributed by atoms with Crippen LogP contribution in [-0.2, 0) is 32.1 Å². The number of rotatable bonds is 12. The van der Waals surface area contributed by atoms with Gasteiger partial charge in [0.15, 0.2) is 17.3 Å². The van der Waals surface area contributed by atoms with Gasteiger partial charge in [-0.25, -0.2) is 20.0 Å². The number of benzene rings is 1. The summed E-state index contributed by atoms with van der Waals surface area (Å²) >= 11 is 1.60. The molecule has 5 rings (SSSR count). The first-order chi connectivity index (χ1) is 19.3. The molecule has 2 fully saturated rings. The fourth-order valence-electron chi connectivity index (χ4n) is 5.19. The third kappa shape index (κ3) is 6.40. The lowest BCUT2D eigenvalue weighted by Gasteiger charge is -2.27. The summed E-state index contributed by atoms with van der Waals surface area (Å²) in [6.07, 6.45) is 4.63. The highest BCUT2D eigenvalue weighted by molar-refractivity contribution is 7.98. The number of carbonyl (C=O) groups excluding carboxylic acids is 1. The molecule has 12 nitrogen and oxygen atoms in total. The first-order valence-electron chi connectivity index (χ1n) is 13.4. The number of nitrogens with zero attached hydrogens (tertiary/aromatic N) is 5. The third-order valence-electron chi connectivity index (χ3n) is 7.16. The fraction of sp³-hybridized carbons (Fsp3) is 0.556. The summed E-state index contributed by atoms with van der Waals surface area (Å²) in [6, 6.07) is 9.31. The van der Waals surface area contributed by atoms with Crippen molar-refractivity contribution in [3.05, 3.63) is 48.5 Å². The van der Waals surface area contributed by atoms with Crippen molar-refractivity contribution >= 4 is 34.7 Å². The lowest BCUT2D eigenvalue weighted by Crippen LogP contribution is -2.47. The summed E-state index contributed by atoms with van der Waals surface area (Å²) in [5.41, 5.74) is 8.52. The Hall–Kier alpha value is -2.81. The van der Waals surface area contributed by atoms with Crippen LogP contribution in [0.3, 0.4) is 0 Å². The van der Waals surface area contributed by atoms with Crippen LogP contribution >= 0.6 is 11.8 Å². The normalized spacial score (nSPS) is 24.2. The number of amides is 1. The topological polar surface area (TPSA) is 150 Å². The van der Waals surface area contributed by atoms with Crippen LogP contribution in [0.15, 0.2) is 43.0 Å². The SMILES string of the molecule is CSCC[C@H](N)C(=O)N(O)C[C@H]1O[C@@H](CCn2cnc3c(NCc4ccccc4)ncnc32)[C@@H]2OC(C)(C)O[C@@H]21. The average molecular weight is 572 g/mol. The third-order valence-corrected chi connectivity index (χ3v) is 7.81. The van der Waals surface area contributed by atoms with Crippen LogP contribution in [0, 0.1) is 0 Å². The van der Waals surface area contributed by atoms with Crippen molar-refractivity contribution in [3.8, 4) is 0 Å². The quantitative estimate of drug-likeness (QED) is 0.217. The number of ether oxygens (including phenoxy) is 3. The number of hydrogen-bond acceptors (Lipinski definition) is 11. The van der Waals surface area contributed by atoms with Crippen molar-refractivity contribution in [3.63, 3.8) is 0 Å². The molecular weight excluding hydrogens is 534 g/mol. The molecule has 4 N–H and O–H groups in total. The van der Waals surface area contributed by atoms with E-state index < -0.39 is 29.9 Å². The Bertz CT molecular complexity index is 1290. The highest BCUT2D eigenvalue weighted by Crippen LogP contribution is 2.40. The summed E-state index contributed by atoms with van der Waals surface area (Å²) < 4.78 is 20.6. The van der Waals surface area contributed by atoms with Crippen molar-refractivity contribution in [2.45, 2.75) is 76.0 Å². The molecule has 2 aromatic heterocycles. The van der Waals surface area contributed by atoms with Crippen LogP contribution in [0.25, 0.3) is 11.2 Å². The minimum absolute atomic E-state index is 0.0550. The van der Waals surface area contributed by atoms with E-state index >= 15 is 0 Å². The highest BCUT2D eigenvalue weighted by atomic mass is 32.2. The minimum atomic E-state index is -0.803. The number of anilines is 1. The Morgan fingerprint density at radius 3 is 2.70 bits per heavy atom. The van der Waals surface area contributed by atoms with Gasteiger partial charge in [0.05, 0.1) is 25.0 Å². The molecule has 0 spiro atoms. The minimum Gasteiger partial charge on any atom is -0.367 e. The second-order valence-electron chi connectivity index (χ2n) is 10.5. The smallest absolute Gasteiger partial charge is 0.262 e. The summed E-state index contributed by atoms with van der Waals surface area (Å²) in [7, 11) is 0. The summed E-state index contributed by atoms with van der Waals surface area (Å²) in [5.74, 6) is 0.0690. The van der Waals surface area contributed by atoms with E-state index in [1.807, 2.05) is 55.0 Å². The number of carbonyl (C=O) groups is 1. The number of nitrogens with one attached hydrogen (secondary N) is 1. The van der Waals surface area contributed by atoms with Crippen molar-refractivity contribution < 1.29 is 24.2 Å². The van der Waals surface area contributed by atoms with E-state index in [1.54, 1.807) is 18.1 Å². The molecule has 0 radical (unpaired) electrons. The van der Waals surface area contributed by atoms with Gasteiger partial charge < -0.3 is 29.8 Å². The van der Waals surface area contributed by atoms with E-state index in [-0.39, 0.29) is 18.8 Å². The van der Waals surface area contributed by atoms with E-state index in [1.165, 1.54) is 6.33 Å². The maximum atomic E-state index is 12.6. The van der Waals surface area contributed by atoms with Crippen molar-refractivity contribution in [1.82, 2.24) is 24.6 Å². The molecule has 2 aliphatic heterocycles. The van der Waals surface area contributed by atoms with Gasteiger partial charge in [-0.1, -0.05) is 30.3 Å². The number of imidazole rings is 1. The number of nitrogens with two attached hydrogens (primary N) is 1. The second kappa shape index (κ2) is 12.4. The second-order valence-corrected chi connectivity index (χ2v) is 11.5. The van der Waals surface area contributed by atoms with Crippen LogP contribution in [0.1, 0.15) is 32.3 Å². The zero-order chi connectivity index (χ0) is 28.3. The lowest BCUT2D eigenvalue weighted by atomic mass is 10.1. The van der Waals surface area contributed by atoms with Gasteiger partial charge in [0.2, 0.25) is 0 Å². The zero-order valence-electron chi connectivity index (χ0n) is 23.0. The first kappa shape index (κ1) is 28.7. The molecule has 2 aliphatic rings. The predicted octanol–water partition coefficient (Wildman–Crippen LogP) is 2.41. The number of thioether (sulfide) groups is 1. The number of hydrogen-bond donors (Lipinski definition) is 3. The van der Waals surface area contributed by atoms with E-state index in [0.29, 0.717) is 48.0 Å². The number of fused-ring (bicyclic) bond motifs is 2. The van der Waals surface area contributed by atoms with Crippen LogP contribution < -0.4 is 11.1 Å². The van der Waals surface area contributed by atoms with Crippen molar-refractivity contribution in [2.24, 2.45) is 5.73 Å². The standard InChI is InChI=1S/C27H37N7O5S/c1-27(2)38-22-19(37-20(23(22)39-27)14-34(36)26(35)18(28)10-12-40-3)9-11-33-16-32-21-24(30-15-31-25(21)33)29-13-17-7-5-4-6-8-17/h4-8,15-16,18-20,22-23,36H,9-14,28H2,1-3H3,(H,29,30,31)/t18-,19-,20+,22-,23+/m0/s1. The van der Waals surface area contributed by atoms with Crippen molar-refractivity contribution in [2.75, 3.05) is 23.9 Å². The number of aromatic nitrogens is 4. The molecule has 40 heavy (non-hydrogen) atoms. The largest absolute Gasteiger partial charge is 0.367 e. The molecule has 1 amide bonds. The van der Waals surface area contributed by atoms with Crippen LogP contribution in [-0.4, -0.2) is 90.5 Å². The lowest BCUT2D eigenvalue weighted by molar-refractivity contribution is -0.202. The van der Waals surface area contributed by atoms with Crippen LogP contribution in [0.4, 0.5) is 5.82 Å². The van der Waals surface area contributed by atoms with Gasteiger partial charge in [-0.05, 0) is 44.3 Å². The monoisotopic (exact) mass is 571 g/mol. The van der Waals surface area contributed by atoms with Gasteiger partial charge in [-0.15, -0.1) is 0 Å². The molecule has 0 saturated carbocycles. The van der Waals surface area contributed by atoms with Crippen LogP contribution in [0.5, 0.6) is 0 Å². The molecule has 3 aromatic rings. The maximum absolute atomic E-state index is 12.6. The highest BCUT2D eigenvalue weighted by Gasteiger charge is 2.55. The van der Waals surface area contributed by atoms with Gasteiger partial charge in [0.1, 0.15) is 30.2 Å². The Morgan fingerprint density at radius 1 is 1.20 bits per heavy atom. The summed E-state index contributed by atoms with van der Waals surface area (Å²) in [6.45, 7) is 4.84. The number of hydroxylamine groups is 2. The average Bonchev–Trinajstić information content (AvgIpc) is 3.60. The zero-order valence-corrected chi connectivity index (χ0v) is 23.8. The first-order valence-corrected chi connectivity index (χ1v) is 14.8. The maximum Gasteiger partial charge on any atom is 0.262 e. The van der Waals surface area contributed by atoms with E-state index in [9.17, 15) is 10.0 Å².